The minimum absolute atomic E-state index is 0.502. The predicted octanol–water partition coefficient (Wildman–Crippen LogP) is 3.44. The highest BCUT2D eigenvalue weighted by atomic mass is 32.2. The van der Waals surface area contributed by atoms with Crippen molar-refractivity contribution >= 4 is 11.8 Å². The number of hydrogen-bond donors (Lipinski definition) is 2. The molecular weight excluding hydrogens is 242 g/mol. The van der Waals surface area contributed by atoms with Crippen LogP contribution in [0.15, 0.2) is 29.2 Å². The van der Waals surface area contributed by atoms with E-state index in [1.165, 1.54) is 10.5 Å². The summed E-state index contributed by atoms with van der Waals surface area (Å²) in [6, 6.07) is 9.03. The molecule has 1 unspecified atom stereocenters. The Morgan fingerprint density at radius 2 is 2.11 bits per heavy atom. The van der Waals surface area contributed by atoms with Gasteiger partial charge in [0.15, 0.2) is 0 Å². The highest BCUT2D eigenvalue weighted by molar-refractivity contribution is 7.99. The fraction of sp³-hybridized carbons (Fsp3) is 0.600. The molecule has 0 heterocycles. The van der Waals surface area contributed by atoms with Gasteiger partial charge in [0.25, 0.3) is 0 Å². The van der Waals surface area contributed by atoms with Gasteiger partial charge in [-0.2, -0.15) is 0 Å². The van der Waals surface area contributed by atoms with E-state index < -0.39 is 5.60 Å². The molecule has 1 aromatic rings. The van der Waals surface area contributed by atoms with Crippen molar-refractivity contribution in [3.8, 4) is 0 Å². The molecular formula is C15H25NOS. The van der Waals surface area contributed by atoms with Crippen LogP contribution in [0.1, 0.15) is 39.7 Å². The fourth-order valence-electron chi connectivity index (χ4n) is 1.41. The first-order valence-corrected chi connectivity index (χ1v) is 7.59. The van der Waals surface area contributed by atoms with E-state index in [0.717, 1.165) is 18.7 Å². The van der Waals surface area contributed by atoms with Crippen molar-refractivity contribution in [2.75, 3.05) is 5.75 Å². The summed E-state index contributed by atoms with van der Waals surface area (Å²) in [5.41, 5.74) is 0.724. The molecule has 0 saturated heterocycles. The van der Waals surface area contributed by atoms with Gasteiger partial charge in [-0.3, -0.25) is 0 Å². The van der Waals surface area contributed by atoms with Crippen molar-refractivity contribution in [3.05, 3.63) is 29.8 Å². The van der Waals surface area contributed by atoms with E-state index in [2.05, 4.69) is 43.4 Å². The first-order chi connectivity index (χ1) is 8.43. The lowest BCUT2D eigenvalue weighted by Crippen LogP contribution is -2.25. The van der Waals surface area contributed by atoms with Gasteiger partial charge in [0.2, 0.25) is 0 Å². The first-order valence-electron chi connectivity index (χ1n) is 6.60. The largest absolute Gasteiger partial charge is 0.389 e. The van der Waals surface area contributed by atoms with Gasteiger partial charge in [0.1, 0.15) is 0 Å². The lowest BCUT2D eigenvalue weighted by Gasteiger charge is -2.20. The van der Waals surface area contributed by atoms with Gasteiger partial charge < -0.3 is 10.4 Å². The molecule has 0 aliphatic heterocycles. The van der Waals surface area contributed by atoms with E-state index in [1.54, 1.807) is 11.8 Å². The summed E-state index contributed by atoms with van der Waals surface area (Å²) in [7, 11) is 0. The third-order valence-corrected chi connectivity index (χ3v) is 4.28. The summed E-state index contributed by atoms with van der Waals surface area (Å²) in [5, 5.41) is 13.4. The van der Waals surface area contributed by atoms with Crippen molar-refractivity contribution in [1.82, 2.24) is 5.32 Å². The minimum Gasteiger partial charge on any atom is -0.389 e. The van der Waals surface area contributed by atoms with Crippen LogP contribution < -0.4 is 5.32 Å². The van der Waals surface area contributed by atoms with E-state index in [1.807, 2.05) is 13.8 Å². The van der Waals surface area contributed by atoms with E-state index in [-0.39, 0.29) is 0 Å². The van der Waals surface area contributed by atoms with Crippen LogP contribution in [0.2, 0.25) is 0 Å². The van der Waals surface area contributed by atoms with Crippen LogP contribution in [0, 0.1) is 0 Å². The van der Waals surface area contributed by atoms with Crippen molar-refractivity contribution < 1.29 is 5.11 Å². The number of hydrogen-bond acceptors (Lipinski definition) is 3. The predicted molar refractivity (Wildman–Crippen MR) is 80.1 cm³/mol. The Morgan fingerprint density at radius 3 is 2.72 bits per heavy atom. The molecule has 0 aromatic heterocycles. The SMILES string of the molecule is CCC(C)(O)CSc1cccc(CNC(C)C)c1. The summed E-state index contributed by atoms with van der Waals surface area (Å²) >= 11 is 1.72. The summed E-state index contributed by atoms with van der Waals surface area (Å²) in [6.45, 7) is 9.11. The molecule has 0 fully saturated rings. The van der Waals surface area contributed by atoms with E-state index in [9.17, 15) is 5.11 Å². The number of aliphatic hydroxyl groups is 1. The molecule has 1 atom stereocenters. The van der Waals surface area contributed by atoms with Crippen LogP contribution in [-0.2, 0) is 6.54 Å². The van der Waals surface area contributed by atoms with Gasteiger partial charge >= 0.3 is 0 Å². The average molecular weight is 267 g/mol. The summed E-state index contributed by atoms with van der Waals surface area (Å²) in [5.74, 6) is 0.741. The molecule has 2 nitrogen and oxygen atoms in total. The van der Waals surface area contributed by atoms with Crippen LogP contribution in [0.25, 0.3) is 0 Å². The zero-order chi connectivity index (χ0) is 13.6. The van der Waals surface area contributed by atoms with Crippen molar-refractivity contribution in [1.29, 1.82) is 0 Å². The standard InChI is InChI=1S/C15H25NOS/c1-5-15(4,17)11-18-14-8-6-7-13(9-14)10-16-12(2)3/h6-9,12,16-17H,5,10-11H2,1-4H3. The molecule has 0 spiro atoms. The Balaban J connectivity index is 2.54. The second-order valence-corrected chi connectivity index (χ2v) is 6.37. The molecule has 0 aliphatic rings. The molecule has 0 saturated carbocycles. The molecule has 0 bridgehead atoms. The molecule has 1 aromatic carbocycles. The third kappa shape index (κ3) is 5.89. The highest BCUT2D eigenvalue weighted by Gasteiger charge is 2.17. The maximum Gasteiger partial charge on any atom is 0.0710 e. The van der Waals surface area contributed by atoms with E-state index >= 15 is 0 Å². The molecule has 3 heteroatoms. The molecule has 18 heavy (non-hydrogen) atoms. The average Bonchev–Trinajstić information content (AvgIpc) is 2.35. The minimum atomic E-state index is -0.573. The number of rotatable bonds is 7. The van der Waals surface area contributed by atoms with Crippen LogP contribution in [0.3, 0.4) is 0 Å². The number of nitrogens with one attached hydrogen (secondary N) is 1. The lowest BCUT2D eigenvalue weighted by molar-refractivity contribution is 0.0816. The Labute approximate surface area is 115 Å². The van der Waals surface area contributed by atoms with Crippen LogP contribution in [0.5, 0.6) is 0 Å². The molecule has 2 N–H and O–H groups in total. The Hall–Kier alpha value is -0.510. The van der Waals surface area contributed by atoms with Gasteiger partial charge in [-0.05, 0) is 31.0 Å². The number of thioether (sulfide) groups is 1. The molecule has 0 radical (unpaired) electrons. The van der Waals surface area contributed by atoms with E-state index in [0.29, 0.717) is 6.04 Å². The zero-order valence-corrected chi connectivity index (χ0v) is 12.7. The topological polar surface area (TPSA) is 32.3 Å². The number of benzene rings is 1. The maximum absolute atomic E-state index is 10.00. The zero-order valence-electron chi connectivity index (χ0n) is 11.9. The maximum atomic E-state index is 10.00. The quantitative estimate of drug-likeness (QED) is 0.742. The highest BCUT2D eigenvalue weighted by Crippen LogP contribution is 2.25. The van der Waals surface area contributed by atoms with Crippen LogP contribution in [-0.4, -0.2) is 22.5 Å². The first kappa shape index (κ1) is 15.5. The van der Waals surface area contributed by atoms with Crippen molar-refractivity contribution in [2.45, 2.75) is 57.2 Å². The summed E-state index contributed by atoms with van der Waals surface area (Å²) < 4.78 is 0. The lowest BCUT2D eigenvalue weighted by atomic mass is 10.1. The molecule has 0 aliphatic carbocycles. The summed E-state index contributed by atoms with van der Waals surface area (Å²) in [4.78, 5) is 1.23. The Morgan fingerprint density at radius 1 is 1.39 bits per heavy atom. The summed E-state index contributed by atoms with van der Waals surface area (Å²) in [6.07, 6.45) is 0.786. The van der Waals surface area contributed by atoms with E-state index in [4.69, 9.17) is 0 Å². The van der Waals surface area contributed by atoms with Crippen molar-refractivity contribution in [2.24, 2.45) is 0 Å². The van der Waals surface area contributed by atoms with Gasteiger partial charge in [0, 0.05) is 23.2 Å². The monoisotopic (exact) mass is 267 g/mol. The molecule has 1 rings (SSSR count). The Kier molecular flexibility index (Phi) is 6.19. The molecule has 102 valence electrons. The fourth-order valence-corrected chi connectivity index (χ4v) is 2.50. The normalized spacial score (nSPS) is 14.8. The molecule has 0 amide bonds. The Bertz CT molecular complexity index is 363. The second kappa shape index (κ2) is 7.17. The van der Waals surface area contributed by atoms with Gasteiger partial charge in [-0.25, -0.2) is 0 Å². The van der Waals surface area contributed by atoms with Gasteiger partial charge in [-0.1, -0.05) is 32.9 Å². The van der Waals surface area contributed by atoms with Crippen LogP contribution in [0.4, 0.5) is 0 Å². The van der Waals surface area contributed by atoms with Crippen molar-refractivity contribution in [3.63, 3.8) is 0 Å². The third-order valence-electron chi connectivity index (χ3n) is 2.92. The smallest absolute Gasteiger partial charge is 0.0710 e. The van der Waals surface area contributed by atoms with Gasteiger partial charge in [0.05, 0.1) is 5.60 Å². The van der Waals surface area contributed by atoms with Gasteiger partial charge in [-0.15, -0.1) is 11.8 Å². The second-order valence-electron chi connectivity index (χ2n) is 5.32. The van der Waals surface area contributed by atoms with Crippen LogP contribution >= 0.6 is 11.8 Å².